The van der Waals surface area contributed by atoms with Gasteiger partial charge >= 0.3 is 0 Å². The molecule has 1 aliphatic rings. The van der Waals surface area contributed by atoms with Gasteiger partial charge in [-0.3, -0.25) is 9.78 Å². The Hall–Kier alpha value is -2.36. The molecule has 1 aromatic carbocycles. The first-order valence-corrected chi connectivity index (χ1v) is 9.07. The molecule has 0 spiro atoms. The Morgan fingerprint density at radius 2 is 2.00 bits per heavy atom. The van der Waals surface area contributed by atoms with Gasteiger partial charge < -0.3 is 10.0 Å². The summed E-state index contributed by atoms with van der Waals surface area (Å²) < 4.78 is 0. The number of aromatic nitrogens is 1. The van der Waals surface area contributed by atoms with Crippen LogP contribution >= 0.6 is 0 Å². The summed E-state index contributed by atoms with van der Waals surface area (Å²) >= 11 is 0. The van der Waals surface area contributed by atoms with Gasteiger partial charge in [-0.05, 0) is 75.3 Å². The minimum absolute atomic E-state index is 0.111. The van der Waals surface area contributed by atoms with Crippen molar-refractivity contribution in [2.24, 2.45) is 0 Å². The fourth-order valence-electron chi connectivity index (χ4n) is 3.64. The van der Waals surface area contributed by atoms with Crippen molar-refractivity contribution in [2.45, 2.75) is 52.0 Å². The van der Waals surface area contributed by atoms with E-state index in [0.717, 1.165) is 49.0 Å². The van der Waals surface area contributed by atoms with Gasteiger partial charge in [-0.1, -0.05) is 12.1 Å². The number of benzene rings is 1. The van der Waals surface area contributed by atoms with Gasteiger partial charge in [0.05, 0.1) is 5.56 Å². The molecule has 4 heteroatoms. The molecule has 1 saturated heterocycles. The topological polar surface area (TPSA) is 53.4 Å². The number of nitrogens with zero attached hydrogens (tertiary/aromatic N) is 2. The molecule has 1 fully saturated rings. The Bertz CT molecular complexity index is 740. The van der Waals surface area contributed by atoms with Crippen LogP contribution in [0.5, 0.6) is 5.75 Å². The summed E-state index contributed by atoms with van der Waals surface area (Å²) in [5, 5.41) is 9.40. The fraction of sp³-hybridized carbons (Fsp3) is 0.429. The number of amides is 1. The number of aryl methyl sites for hydroxylation is 3. The molecular weight excluding hydrogens is 312 g/mol. The number of hydrogen-bond donors (Lipinski definition) is 1. The molecule has 1 aromatic heterocycles. The van der Waals surface area contributed by atoms with Gasteiger partial charge in [-0.2, -0.15) is 0 Å². The van der Waals surface area contributed by atoms with Gasteiger partial charge in [0.25, 0.3) is 5.91 Å². The van der Waals surface area contributed by atoms with E-state index in [1.54, 1.807) is 18.3 Å². The van der Waals surface area contributed by atoms with E-state index in [0.29, 0.717) is 5.75 Å². The third-order valence-electron chi connectivity index (χ3n) is 5.07. The zero-order valence-corrected chi connectivity index (χ0v) is 15.0. The summed E-state index contributed by atoms with van der Waals surface area (Å²) in [5.41, 5.74) is 3.86. The molecule has 0 radical (unpaired) electrons. The average molecular weight is 338 g/mol. The first-order valence-electron chi connectivity index (χ1n) is 9.07. The predicted molar refractivity (Wildman–Crippen MR) is 98.8 cm³/mol. The van der Waals surface area contributed by atoms with Crippen molar-refractivity contribution in [2.75, 3.05) is 6.54 Å². The predicted octanol–water partition coefficient (Wildman–Crippen LogP) is 4.03. The summed E-state index contributed by atoms with van der Waals surface area (Å²) in [6.07, 6.45) is 6.89. The van der Waals surface area contributed by atoms with Gasteiger partial charge in [-0.25, -0.2) is 0 Å². The molecule has 1 unspecified atom stereocenters. The lowest BCUT2D eigenvalue weighted by Gasteiger charge is -2.36. The van der Waals surface area contributed by atoms with E-state index in [4.69, 9.17) is 0 Å². The van der Waals surface area contributed by atoms with Crippen LogP contribution in [0, 0.1) is 13.8 Å². The number of pyridine rings is 1. The lowest BCUT2D eigenvalue weighted by atomic mass is 9.94. The Labute approximate surface area is 149 Å². The van der Waals surface area contributed by atoms with Crippen LogP contribution in [0.1, 0.15) is 52.9 Å². The highest BCUT2D eigenvalue weighted by Crippen LogP contribution is 2.24. The molecule has 25 heavy (non-hydrogen) atoms. The fourth-order valence-corrected chi connectivity index (χ4v) is 3.64. The van der Waals surface area contributed by atoms with E-state index < -0.39 is 0 Å². The van der Waals surface area contributed by atoms with E-state index in [9.17, 15) is 9.90 Å². The number of carbonyl (C=O) groups excluding carboxylic acids is 1. The Morgan fingerprint density at radius 3 is 2.72 bits per heavy atom. The van der Waals surface area contributed by atoms with Crippen LogP contribution in [0.2, 0.25) is 0 Å². The van der Waals surface area contributed by atoms with E-state index >= 15 is 0 Å². The average Bonchev–Trinajstić information content (AvgIpc) is 2.61. The van der Waals surface area contributed by atoms with Crippen LogP contribution in [0.15, 0.2) is 36.5 Å². The van der Waals surface area contributed by atoms with Crippen LogP contribution in [0.4, 0.5) is 0 Å². The van der Waals surface area contributed by atoms with Crippen LogP contribution in [-0.2, 0) is 6.42 Å². The normalized spacial score (nSPS) is 17.5. The van der Waals surface area contributed by atoms with Crippen molar-refractivity contribution in [3.63, 3.8) is 0 Å². The molecule has 1 aliphatic heterocycles. The summed E-state index contributed by atoms with van der Waals surface area (Å²) in [6, 6.07) is 9.61. The molecule has 132 valence electrons. The number of piperidine rings is 1. The number of carbonyl (C=O) groups is 1. The molecule has 1 atom stereocenters. The highest BCUT2D eigenvalue weighted by Gasteiger charge is 2.28. The highest BCUT2D eigenvalue weighted by molar-refractivity contribution is 5.95. The van der Waals surface area contributed by atoms with Crippen molar-refractivity contribution >= 4 is 5.91 Å². The molecule has 1 N–H and O–H groups in total. The van der Waals surface area contributed by atoms with Crippen LogP contribution in [-0.4, -0.2) is 33.5 Å². The standard InChI is InChI=1S/C21H26N2O2/c1-15-13-16(2)22-14-20(15)21(25)23-12-4-3-5-18(23)9-6-17-7-10-19(24)11-8-17/h7-8,10-11,13-14,18,24H,3-6,9,12H2,1-2H3. The van der Waals surface area contributed by atoms with E-state index in [-0.39, 0.29) is 11.9 Å². The molecule has 1 amide bonds. The first kappa shape index (κ1) is 17.5. The van der Waals surface area contributed by atoms with Gasteiger partial charge in [-0.15, -0.1) is 0 Å². The van der Waals surface area contributed by atoms with E-state index in [2.05, 4.69) is 4.98 Å². The number of phenols is 1. The molecule has 3 rings (SSSR count). The van der Waals surface area contributed by atoms with Crippen LogP contribution in [0.25, 0.3) is 0 Å². The zero-order valence-electron chi connectivity index (χ0n) is 15.0. The minimum atomic E-state index is 0.111. The lowest BCUT2D eigenvalue weighted by molar-refractivity contribution is 0.0600. The monoisotopic (exact) mass is 338 g/mol. The maximum absolute atomic E-state index is 13.1. The minimum Gasteiger partial charge on any atom is -0.508 e. The van der Waals surface area contributed by atoms with Crippen molar-refractivity contribution in [1.82, 2.24) is 9.88 Å². The molecule has 0 aliphatic carbocycles. The quantitative estimate of drug-likeness (QED) is 0.915. The van der Waals surface area contributed by atoms with Crippen LogP contribution in [0.3, 0.4) is 0 Å². The summed E-state index contributed by atoms with van der Waals surface area (Å²) in [5.74, 6) is 0.404. The third kappa shape index (κ3) is 4.19. The van der Waals surface area contributed by atoms with E-state index in [1.165, 1.54) is 12.0 Å². The van der Waals surface area contributed by atoms with Crippen molar-refractivity contribution < 1.29 is 9.90 Å². The SMILES string of the molecule is Cc1cc(C)c(C(=O)N2CCCCC2CCc2ccc(O)cc2)cn1. The van der Waals surface area contributed by atoms with Gasteiger partial charge in [0.2, 0.25) is 0 Å². The molecule has 2 aromatic rings. The summed E-state index contributed by atoms with van der Waals surface area (Å²) in [6.45, 7) is 4.76. The number of hydrogen-bond acceptors (Lipinski definition) is 3. The number of rotatable bonds is 4. The first-order chi connectivity index (χ1) is 12.0. The lowest BCUT2D eigenvalue weighted by Crippen LogP contribution is -2.44. The number of likely N-dealkylation sites (tertiary alicyclic amines) is 1. The maximum atomic E-state index is 13.1. The molecule has 4 nitrogen and oxygen atoms in total. The maximum Gasteiger partial charge on any atom is 0.255 e. The van der Waals surface area contributed by atoms with Gasteiger partial charge in [0, 0.05) is 24.5 Å². The summed E-state index contributed by atoms with van der Waals surface area (Å²) in [4.78, 5) is 19.4. The molecule has 0 bridgehead atoms. The largest absolute Gasteiger partial charge is 0.508 e. The highest BCUT2D eigenvalue weighted by atomic mass is 16.3. The summed E-state index contributed by atoms with van der Waals surface area (Å²) in [7, 11) is 0. The second-order valence-corrected chi connectivity index (χ2v) is 6.99. The number of aromatic hydroxyl groups is 1. The second-order valence-electron chi connectivity index (χ2n) is 6.99. The van der Waals surface area contributed by atoms with Gasteiger partial charge in [0.15, 0.2) is 0 Å². The molecular formula is C21H26N2O2. The van der Waals surface area contributed by atoms with E-state index in [1.807, 2.05) is 36.9 Å². The van der Waals surface area contributed by atoms with Crippen LogP contribution < -0.4 is 0 Å². The smallest absolute Gasteiger partial charge is 0.255 e. The number of phenolic OH excluding ortho intramolecular Hbond substituents is 1. The Balaban J connectivity index is 1.71. The van der Waals surface area contributed by atoms with Gasteiger partial charge in [0.1, 0.15) is 5.75 Å². The zero-order chi connectivity index (χ0) is 17.8. The Morgan fingerprint density at radius 1 is 1.24 bits per heavy atom. The third-order valence-corrected chi connectivity index (χ3v) is 5.07. The van der Waals surface area contributed by atoms with Crippen molar-refractivity contribution in [3.8, 4) is 5.75 Å². The molecule has 0 saturated carbocycles. The second kappa shape index (κ2) is 7.68. The van der Waals surface area contributed by atoms with Crippen molar-refractivity contribution in [3.05, 3.63) is 58.9 Å². The van der Waals surface area contributed by atoms with Crippen molar-refractivity contribution in [1.29, 1.82) is 0 Å². The molecule has 2 heterocycles. The Kier molecular flexibility index (Phi) is 5.37.